The van der Waals surface area contributed by atoms with Crippen molar-refractivity contribution in [2.45, 2.75) is 31.3 Å². The van der Waals surface area contributed by atoms with Crippen LogP contribution in [-0.4, -0.2) is 52.6 Å². The molecule has 4 rings (SSSR count). The number of anilines is 1. The summed E-state index contributed by atoms with van der Waals surface area (Å²) in [6.45, 7) is 4.36. The molecule has 0 bridgehead atoms. The van der Waals surface area contributed by atoms with Crippen LogP contribution in [0.1, 0.15) is 19.4 Å². The van der Waals surface area contributed by atoms with Crippen molar-refractivity contribution in [3.8, 4) is 11.5 Å². The van der Waals surface area contributed by atoms with Crippen LogP contribution in [0.4, 0.5) is 5.69 Å². The molecular weight excluding hydrogens is 518 g/mol. The second kappa shape index (κ2) is 12.8. The molecule has 10 heteroatoms. The molecular formula is C29H33N3O6S. The van der Waals surface area contributed by atoms with E-state index in [4.69, 9.17) is 9.47 Å². The summed E-state index contributed by atoms with van der Waals surface area (Å²) in [4.78, 5) is 27.7. The Morgan fingerprint density at radius 1 is 1.00 bits per heavy atom. The molecule has 9 nitrogen and oxygen atoms in total. The number of nitrogens with zero attached hydrogens (tertiary/aromatic N) is 1. The van der Waals surface area contributed by atoms with Gasteiger partial charge in [-0.2, -0.15) is 0 Å². The van der Waals surface area contributed by atoms with E-state index in [1.54, 1.807) is 24.3 Å². The summed E-state index contributed by atoms with van der Waals surface area (Å²) in [7, 11) is -3.62. The lowest BCUT2D eigenvalue weighted by Gasteiger charge is -2.34. The van der Waals surface area contributed by atoms with Crippen molar-refractivity contribution in [1.29, 1.82) is 0 Å². The molecule has 0 spiro atoms. The second-order valence-electron chi connectivity index (χ2n) is 9.61. The minimum absolute atomic E-state index is 0.0368. The number of rotatable bonds is 11. The standard InChI is InChI=1S/C29H33N3O6S/c1-21(2)18-31-39(35,36)24-14-12-23(13-15-24)37-20-28(33)32-19-27(38-26-11-7-6-10-25(26)32)29(34)30-17-16-22-8-4-3-5-9-22/h3-15,21,27,31H,16-20H2,1-2H3,(H,30,34)/t27-/m0/s1. The first-order valence-electron chi connectivity index (χ1n) is 12.8. The number of nitrogens with one attached hydrogen (secondary N) is 2. The Hall–Kier alpha value is -3.89. The number of sulfonamides is 1. The average molecular weight is 552 g/mol. The van der Waals surface area contributed by atoms with Gasteiger partial charge in [0.25, 0.3) is 11.8 Å². The Labute approximate surface area is 229 Å². The maximum atomic E-state index is 13.2. The number of carbonyl (C=O) groups excluding carboxylic acids is 2. The van der Waals surface area contributed by atoms with E-state index >= 15 is 0 Å². The Morgan fingerprint density at radius 3 is 2.41 bits per heavy atom. The maximum absolute atomic E-state index is 13.2. The van der Waals surface area contributed by atoms with E-state index in [0.717, 1.165) is 5.56 Å². The normalized spacial score (nSPS) is 14.8. The lowest BCUT2D eigenvalue weighted by molar-refractivity contribution is -0.128. The molecule has 3 aromatic carbocycles. The zero-order chi connectivity index (χ0) is 27.8. The second-order valence-corrected chi connectivity index (χ2v) is 11.4. The molecule has 2 N–H and O–H groups in total. The molecule has 2 amide bonds. The molecule has 1 aliphatic heterocycles. The molecule has 0 aromatic heterocycles. The average Bonchev–Trinajstić information content (AvgIpc) is 2.95. The van der Waals surface area contributed by atoms with Crippen LogP contribution in [0, 0.1) is 5.92 Å². The first-order chi connectivity index (χ1) is 18.7. The minimum atomic E-state index is -3.62. The molecule has 0 radical (unpaired) electrons. The third-order valence-electron chi connectivity index (χ3n) is 6.10. The van der Waals surface area contributed by atoms with E-state index < -0.39 is 16.1 Å². The van der Waals surface area contributed by atoms with Crippen molar-refractivity contribution >= 4 is 27.5 Å². The van der Waals surface area contributed by atoms with E-state index in [1.807, 2.05) is 44.2 Å². The summed E-state index contributed by atoms with van der Waals surface area (Å²) >= 11 is 0. The van der Waals surface area contributed by atoms with Crippen LogP contribution >= 0.6 is 0 Å². The Kier molecular flexibility index (Phi) is 9.21. The molecule has 0 aliphatic carbocycles. The molecule has 1 heterocycles. The predicted molar refractivity (Wildman–Crippen MR) is 148 cm³/mol. The van der Waals surface area contributed by atoms with Gasteiger partial charge < -0.3 is 19.7 Å². The van der Waals surface area contributed by atoms with Gasteiger partial charge in [-0.25, -0.2) is 13.1 Å². The number of hydrogen-bond donors (Lipinski definition) is 2. The van der Waals surface area contributed by atoms with Gasteiger partial charge in [-0.05, 0) is 54.3 Å². The fourth-order valence-electron chi connectivity index (χ4n) is 3.99. The van der Waals surface area contributed by atoms with Crippen LogP contribution in [0.2, 0.25) is 0 Å². The smallest absolute Gasteiger partial charge is 0.265 e. The van der Waals surface area contributed by atoms with Crippen molar-refractivity contribution in [3.05, 3.63) is 84.4 Å². The molecule has 39 heavy (non-hydrogen) atoms. The van der Waals surface area contributed by atoms with Gasteiger partial charge in [0, 0.05) is 13.1 Å². The van der Waals surface area contributed by atoms with Crippen molar-refractivity contribution in [3.63, 3.8) is 0 Å². The lowest BCUT2D eigenvalue weighted by Crippen LogP contribution is -2.52. The topological polar surface area (TPSA) is 114 Å². The fraction of sp³-hybridized carbons (Fsp3) is 0.310. The van der Waals surface area contributed by atoms with Crippen molar-refractivity contribution in [2.75, 3.05) is 31.1 Å². The zero-order valence-electron chi connectivity index (χ0n) is 22.0. The Bertz CT molecular complexity index is 1380. The SMILES string of the molecule is CC(C)CNS(=O)(=O)c1ccc(OCC(=O)N2C[C@@H](C(=O)NCCc3ccccc3)Oc3ccccc32)cc1. The van der Waals surface area contributed by atoms with Gasteiger partial charge in [-0.3, -0.25) is 9.59 Å². The van der Waals surface area contributed by atoms with Gasteiger partial charge in [-0.1, -0.05) is 56.3 Å². The summed E-state index contributed by atoms with van der Waals surface area (Å²) in [5.41, 5.74) is 1.66. The quantitative estimate of drug-likeness (QED) is 0.379. The molecule has 1 atom stereocenters. The van der Waals surface area contributed by atoms with E-state index in [9.17, 15) is 18.0 Å². The molecule has 206 valence electrons. The number of para-hydroxylation sites is 2. The third-order valence-corrected chi connectivity index (χ3v) is 7.54. The highest BCUT2D eigenvalue weighted by Gasteiger charge is 2.33. The molecule has 0 unspecified atom stereocenters. The van der Waals surface area contributed by atoms with Crippen LogP contribution < -0.4 is 24.4 Å². The monoisotopic (exact) mass is 551 g/mol. The van der Waals surface area contributed by atoms with Gasteiger partial charge >= 0.3 is 0 Å². The zero-order valence-corrected chi connectivity index (χ0v) is 22.8. The minimum Gasteiger partial charge on any atom is -0.484 e. The highest BCUT2D eigenvalue weighted by molar-refractivity contribution is 7.89. The van der Waals surface area contributed by atoms with E-state index in [1.165, 1.54) is 29.2 Å². The summed E-state index contributed by atoms with van der Waals surface area (Å²) in [6, 6.07) is 22.7. The highest BCUT2D eigenvalue weighted by Crippen LogP contribution is 2.33. The number of fused-ring (bicyclic) bond motifs is 1. The van der Waals surface area contributed by atoms with Gasteiger partial charge in [0.15, 0.2) is 12.7 Å². The number of amides is 2. The third kappa shape index (κ3) is 7.58. The number of hydrogen-bond acceptors (Lipinski definition) is 6. The molecule has 3 aromatic rings. The largest absolute Gasteiger partial charge is 0.484 e. The Morgan fingerprint density at radius 2 is 1.69 bits per heavy atom. The summed E-state index contributed by atoms with van der Waals surface area (Å²) in [5, 5.41) is 2.89. The van der Waals surface area contributed by atoms with Crippen LogP contribution in [0.15, 0.2) is 83.8 Å². The van der Waals surface area contributed by atoms with Gasteiger partial charge in [-0.15, -0.1) is 0 Å². The number of benzene rings is 3. The van der Waals surface area contributed by atoms with Crippen LogP contribution in [0.3, 0.4) is 0 Å². The van der Waals surface area contributed by atoms with Crippen molar-refractivity contribution < 1.29 is 27.5 Å². The first kappa shape index (κ1) is 28.1. The van der Waals surface area contributed by atoms with Crippen molar-refractivity contribution in [2.24, 2.45) is 5.92 Å². The summed E-state index contributed by atoms with van der Waals surface area (Å²) in [5.74, 6) is 0.301. The number of carbonyl (C=O) groups is 2. The lowest BCUT2D eigenvalue weighted by atomic mass is 10.1. The fourth-order valence-corrected chi connectivity index (χ4v) is 5.21. The summed E-state index contributed by atoms with van der Waals surface area (Å²) in [6.07, 6.45) is -0.192. The van der Waals surface area contributed by atoms with Gasteiger partial charge in [0.05, 0.1) is 17.1 Å². The Balaban J connectivity index is 1.36. The van der Waals surface area contributed by atoms with Gasteiger partial charge in [0.2, 0.25) is 10.0 Å². The maximum Gasteiger partial charge on any atom is 0.265 e. The van der Waals surface area contributed by atoms with E-state index in [0.29, 0.717) is 36.7 Å². The van der Waals surface area contributed by atoms with Crippen LogP contribution in [0.25, 0.3) is 0 Å². The predicted octanol–water partition coefficient (Wildman–Crippen LogP) is 3.15. The summed E-state index contributed by atoms with van der Waals surface area (Å²) < 4.78 is 38.9. The number of ether oxygens (including phenoxy) is 2. The van der Waals surface area contributed by atoms with Crippen molar-refractivity contribution in [1.82, 2.24) is 10.0 Å². The van der Waals surface area contributed by atoms with Gasteiger partial charge in [0.1, 0.15) is 11.5 Å². The van der Waals surface area contributed by atoms with E-state index in [-0.39, 0.29) is 35.8 Å². The molecule has 0 saturated carbocycles. The van der Waals surface area contributed by atoms with Crippen LogP contribution in [0.5, 0.6) is 11.5 Å². The molecule has 1 aliphatic rings. The van der Waals surface area contributed by atoms with Crippen LogP contribution in [-0.2, 0) is 26.0 Å². The van der Waals surface area contributed by atoms with E-state index in [2.05, 4.69) is 10.0 Å². The molecule has 0 saturated heterocycles. The molecule has 0 fully saturated rings. The first-order valence-corrected chi connectivity index (χ1v) is 14.3. The highest BCUT2D eigenvalue weighted by atomic mass is 32.2.